The lowest BCUT2D eigenvalue weighted by Crippen LogP contribution is -2.28. The standard InChI is InChI=1S/C22H24O4.C22H26O4.C19H20O4.C9H12.C7H6Cl2/c23-21(19-7-3-1-4-8-19)25-15-17-11-13-18(14-12-17)16-26-22(24)20-9-5-2-6-10-20;1-3-5-15-25-21(23)19-13-9-7-11-17(19)18-12-8-10-14-20(18)22(24)26-16-6-4-2;1-19(2,13-22-17(20)15-9-5-3-6-10-15)14-23-18(21)16-11-7-4-8-12-16;1-2-6-9-7-4-3-5-8-9;1-5-2-3-6(8)4-7(5)9/h1-10,17-18H,11-16H2;7-14H,3-6,15-16H2,1-2H3;3-12H,13-14H2,1-2H3;3-5,7-8H,2,6H2,1H3;2-4H,1H3. The molecule has 0 bridgehead atoms. The van der Waals surface area contributed by atoms with E-state index in [2.05, 4.69) is 37.3 Å². The highest BCUT2D eigenvalue weighted by atomic mass is 35.5. The van der Waals surface area contributed by atoms with E-state index in [-0.39, 0.29) is 49.0 Å². The number of esters is 6. The summed E-state index contributed by atoms with van der Waals surface area (Å²) in [6, 6.07) is 66.1. The molecule has 0 heterocycles. The van der Waals surface area contributed by atoms with Crippen molar-refractivity contribution in [3.05, 3.63) is 273 Å². The van der Waals surface area contributed by atoms with E-state index >= 15 is 0 Å². The quantitative estimate of drug-likeness (QED) is 0.0340. The number of benzene rings is 8. The lowest BCUT2D eigenvalue weighted by molar-refractivity contribution is 0.00607. The van der Waals surface area contributed by atoms with Gasteiger partial charge in [0.05, 0.1) is 73.0 Å². The lowest BCUT2D eigenvalue weighted by atomic mass is 9.83. The van der Waals surface area contributed by atoms with Gasteiger partial charge in [-0.15, -0.1) is 0 Å². The summed E-state index contributed by atoms with van der Waals surface area (Å²) in [5, 5.41) is 1.41. The highest BCUT2D eigenvalue weighted by molar-refractivity contribution is 6.35. The van der Waals surface area contributed by atoms with Crippen LogP contribution in [0.1, 0.15) is 166 Å². The molecule has 8 aromatic rings. The van der Waals surface area contributed by atoms with Crippen molar-refractivity contribution in [3.63, 3.8) is 0 Å². The summed E-state index contributed by atoms with van der Waals surface area (Å²) in [7, 11) is 0. The predicted molar refractivity (Wildman–Crippen MR) is 370 cm³/mol. The fourth-order valence-electron chi connectivity index (χ4n) is 9.21. The zero-order chi connectivity index (χ0) is 67.1. The summed E-state index contributed by atoms with van der Waals surface area (Å²) in [5.74, 6) is -1.24. The Kier molecular flexibility index (Phi) is 34.1. The van der Waals surface area contributed by atoms with Crippen LogP contribution in [0.2, 0.25) is 10.0 Å². The van der Waals surface area contributed by atoms with Crippen LogP contribution in [0.4, 0.5) is 0 Å². The van der Waals surface area contributed by atoms with Crippen molar-refractivity contribution in [1.29, 1.82) is 0 Å². The number of carbonyl (C=O) groups is 6. The fraction of sp³-hybridized carbons (Fsp3) is 0.316. The van der Waals surface area contributed by atoms with Gasteiger partial charge >= 0.3 is 35.8 Å². The maximum absolute atomic E-state index is 12.5. The average Bonchev–Trinajstić information content (AvgIpc) is 2.28. The molecule has 12 nitrogen and oxygen atoms in total. The van der Waals surface area contributed by atoms with E-state index in [1.165, 1.54) is 18.4 Å². The molecule has 0 saturated heterocycles. The minimum absolute atomic E-state index is 0.169. The third-order valence-corrected chi connectivity index (χ3v) is 15.3. The molecule has 9 rings (SSSR count). The van der Waals surface area contributed by atoms with Gasteiger partial charge in [0.1, 0.15) is 0 Å². The van der Waals surface area contributed by atoms with Crippen LogP contribution in [0.15, 0.2) is 218 Å². The number of ether oxygens (including phenoxy) is 6. The van der Waals surface area contributed by atoms with Crippen molar-refractivity contribution >= 4 is 59.0 Å². The molecule has 0 aliphatic heterocycles. The van der Waals surface area contributed by atoms with Gasteiger partial charge in [-0.05, 0) is 159 Å². The molecule has 93 heavy (non-hydrogen) atoms. The number of rotatable bonds is 23. The van der Waals surface area contributed by atoms with Gasteiger partial charge in [-0.2, -0.15) is 0 Å². The summed E-state index contributed by atoms with van der Waals surface area (Å²) in [6.45, 7) is 14.0. The fourth-order valence-corrected chi connectivity index (χ4v) is 9.62. The maximum Gasteiger partial charge on any atom is 0.338 e. The van der Waals surface area contributed by atoms with Crippen LogP contribution in [-0.4, -0.2) is 75.5 Å². The molecule has 0 spiro atoms. The van der Waals surface area contributed by atoms with Crippen LogP contribution >= 0.6 is 23.2 Å². The van der Waals surface area contributed by atoms with E-state index in [4.69, 9.17) is 51.6 Å². The topological polar surface area (TPSA) is 158 Å². The van der Waals surface area contributed by atoms with Crippen LogP contribution in [0.3, 0.4) is 0 Å². The van der Waals surface area contributed by atoms with Crippen molar-refractivity contribution in [2.75, 3.05) is 39.6 Å². The number of aryl methyl sites for hydroxylation is 2. The van der Waals surface area contributed by atoms with E-state index in [9.17, 15) is 28.8 Å². The average molecular weight is 1300 g/mol. The molecule has 14 heteroatoms. The third kappa shape index (κ3) is 28.3. The second kappa shape index (κ2) is 42.3. The van der Waals surface area contributed by atoms with Crippen molar-refractivity contribution in [3.8, 4) is 11.1 Å². The zero-order valence-corrected chi connectivity index (χ0v) is 55.9. The van der Waals surface area contributed by atoms with Crippen LogP contribution in [0.25, 0.3) is 11.1 Å². The Bertz CT molecular complexity index is 3300. The molecule has 0 unspecified atom stereocenters. The number of unbranched alkanes of at least 4 members (excludes halogenated alkanes) is 2. The largest absolute Gasteiger partial charge is 0.462 e. The molecular formula is C79H88Cl2O12. The molecule has 1 aliphatic carbocycles. The van der Waals surface area contributed by atoms with Gasteiger partial charge < -0.3 is 28.4 Å². The summed E-state index contributed by atoms with van der Waals surface area (Å²) in [5.41, 5.74) is 6.50. The smallest absolute Gasteiger partial charge is 0.338 e. The molecular weight excluding hydrogens is 1210 g/mol. The third-order valence-electron chi connectivity index (χ3n) is 14.7. The van der Waals surface area contributed by atoms with E-state index < -0.39 is 5.41 Å². The second-order valence-corrected chi connectivity index (χ2v) is 23.9. The number of carbonyl (C=O) groups excluding carboxylic acids is 6. The Morgan fingerprint density at radius 1 is 0.398 bits per heavy atom. The van der Waals surface area contributed by atoms with Crippen LogP contribution in [-0.2, 0) is 34.8 Å². The highest BCUT2D eigenvalue weighted by Gasteiger charge is 2.26. The number of hydrogen-bond acceptors (Lipinski definition) is 12. The molecule has 0 amide bonds. The molecule has 8 aromatic carbocycles. The zero-order valence-electron chi connectivity index (χ0n) is 54.4. The van der Waals surface area contributed by atoms with E-state index in [1.807, 2.05) is 120 Å². The second-order valence-electron chi connectivity index (χ2n) is 23.1. The van der Waals surface area contributed by atoms with Crippen LogP contribution < -0.4 is 0 Å². The van der Waals surface area contributed by atoms with Crippen molar-refractivity contribution in [1.82, 2.24) is 0 Å². The van der Waals surface area contributed by atoms with Crippen molar-refractivity contribution in [2.24, 2.45) is 17.3 Å². The van der Waals surface area contributed by atoms with Gasteiger partial charge in [-0.25, -0.2) is 28.8 Å². The van der Waals surface area contributed by atoms with Gasteiger partial charge in [0.2, 0.25) is 0 Å². The Balaban J connectivity index is 0.000000223. The molecule has 0 radical (unpaired) electrons. The summed E-state index contributed by atoms with van der Waals surface area (Å²) < 4.78 is 32.2. The van der Waals surface area contributed by atoms with Crippen LogP contribution in [0.5, 0.6) is 0 Å². The van der Waals surface area contributed by atoms with Gasteiger partial charge in [0.15, 0.2) is 0 Å². The van der Waals surface area contributed by atoms with E-state index in [1.54, 1.807) is 103 Å². The first-order valence-corrected chi connectivity index (χ1v) is 32.6. The number of halogens is 2. The van der Waals surface area contributed by atoms with E-state index in [0.717, 1.165) is 62.0 Å². The SMILES string of the molecule is CC(C)(COC(=O)c1ccccc1)COC(=O)c1ccccc1.CCCCOC(=O)c1ccccc1-c1ccccc1C(=O)OCCCC.CCCc1ccccc1.Cc1ccc(Cl)cc1Cl.O=C(OCC1CCC(COC(=O)c2ccccc2)CC1)c1ccccc1. The highest BCUT2D eigenvalue weighted by Crippen LogP contribution is 2.31. The van der Waals surface area contributed by atoms with Gasteiger partial charge in [0, 0.05) is 15.5 Å². The van der Waals surface area contributed by atoms with Gasteiger partial charge in [-0.1, -0.05) is 223 Å². The molecule has 0 aromatic heterocycles. The first-order valence-electron chi connectivity index (χ1n) is 31.9. The Labute approximate surface area is 559 Å². The monoisotopic (exact) mass is 1300 g/mol. The molecule has 0 atom stereocenters. The first kappa shape index (κ1) is 74.9. The van der Waals surface area contributed by atoms with Gasteiger partial charge in [0.25, 0.3) is 0 Å². The Hall–Kier alpha value is -8.84. The summed E-state index contributed by atoms with van der Waals surface area (Å²) in [4.78, 5) is 72.7. The minimum atomic E-state index is -0.463. The van der Waals surface area contributed by atoms with Crippen molar-refractivity contribution in [2.45, 2.75) is 106 Å². The molecule has 1 saturated carbocycles. The lowest BCUT2D eigenvalue weighted by Gasteiger charge is -2.27. The summed E-state index contributed by atoms with van der Waals surface area (Å²) >= 11 is 11.4. The first-order chi connectivity index (χ1) is 45.0. The maximum atomic E-state index is 12.5. The molecule has 490 valence electrons. The molecule has 1 fully saturated rings. The van der Waals surface area contributed by atoms with Gasteiger partial charge in [-0.3, -0.25) is 0 Å². The normalized spacial score (nSPS) is 12.9. The van der Waals surface area contributed by atoms with Crippen LogP contribution in [0, 0.1) is 24.2 Å². The molecule has 0 N–H and O–H groups in total. The Morgan fingerprint density at radius 2 is 0.731 bits per heavy atom. The minimum Gasteiger partial charge on any atom is -0.462 e. The Morgan fingerprint density at radius 3 is 1.06 bits per heavy atom. The predicted octanol–water partition coefficient (Wildman–Crippen LogP) is 19.4. The summed E-state index contributed by atoms with van der Waals surface area (Å²) in [6.07, 6.45) is 10.0. The molecule has 1 aliphatic rings. The number of hydrogen-bond donors (Lipinski definition) is 0. The van der Waals surface area contributed by atoms with Crippen molar-refractivity contribution < 1.29 is 57.2 Å². The van der Waals surface area contributed by atoms with E-state index in [0.29, 0.717) is 87.8 Å².